The standard InChI is InChI=1S/C10H13ClN2O2/c11-7-2-1-6(5-9(7)13)8(12)3-4-10(14)15/h1-2,5,8H,3-4,12-13H2,(H,14,15). The summed E-state index contributed by atoms with van der Waals surface area (Å²) in [4.78, 5) is 10.4. The maximum atomic E-state index is 10.4. The van der Waals surface area contributed by atoms with E-state index in [9.17, 15) is 4.79 Å². The highest BCUT2D eigenvalue weighted by Crippen LogP contribution is 2.24. The van der Waals surface area contributed by atoms with Crippen molar-refractivity contribution in [3.63, 3.8) is 0 Å². The van der Waals surface area contributed by atoms with Crippen molar-refractivity contribution < 1.29 is 9.90 Å². The molecule has 1 aromatic carbocycles. The van der Waals surface area contributed by atoms with Crippen LogP contribution < -0.4 is 11.5 Å². The first-order valence-corrected chi connectivity index (χ1v) is 4.91. The number of carboxylic acids is 1. The third-order valence-electron chi connectivity index (χ3n) is 2.12. The zero-order valence-corrected chi connectivity index (χ0v) is 8.87. The van der Waals surface area contributed by atoms with E-state index in [1.165, 1.54) is 0 Å². The van der Waals surface area contributed by atoms with Crippen LogP contribution in [0.5, 0.6) is 0 Å². The lowest BCUT2D eigenvalue weighted by atomic mass is 10.0. The number of rotatable bonds is 4. The Morgan fingerprint density at radius 1 is 1.53 bits per heavy atom. The van der Waals surface area contributed by atoms with Gasteiger partial charge in [0.25, 0.3) is 0 Å². The molecule has 0 heterocycles. The molecule has 0 bridgehead atoms. The molecule has 0 saturated heterocycles. The summed E-state index contributed by atoms with van der Waals surface area (Å²) in [6.07, 6.45) is 0.431. The third kappa shape index (κ3) is 3.42. The molecule has 0 aliphatic heterocycles. The van der Waals surface area contributed by atoms with Crippen LogP contribution in [0, 0.1) is 0 Å². The second-order valence-corrected chi connectivity index (χ2v) is 3.73. The molecule has 5 heteroatoms. The SMILES string of the molecule is Nc1cc(C(N)CCC(=O)O)ccc1Cl. The molecule has 82 valence electrons. The predicted octanol–water partition coefficient (Wildman–Crippen LogP) is 1.79. The lowest BCUT2D eigenvalue weighted by Gasteiger charge is -2.11. The molecule has 0 aromatic heterocycles. The number of benzene rings is 1. The van der Waals surface area contributed by atoms with Crippen LogP contribution in [0.2, 0.25) is 5.02 Å². The first-order valence-electron chi connectivity index (χ1n) is 4.53. The molecule has 0 radical (unpaired) electrons. The molecule has 15 heavy (non-hydrogen) atoms. The Balaban J connectivity index is 2.69. The van der Waals surface area contributed by atoms with Gasteiger partial charge in [-0.1, -0.05) is 17.7 Å². The fourth-order valence-corrected chi connectivity index (χ4v) is 1.36. The fraction of sp³-hybridized carbons (Fsp3) is 0.300. The van der Waals surface area contributed by atoms with Gasteiger partial charge >= 0.3 is 5.97 Å². The van der Waals surface area contributed by atoms with Crippen molar-refractivity contribution in [2.45, 2.75) is 18.9 Å². The maximum Gasteiger partial charge on any atom is 0.303 e. The van der Waals surface area contributed by atoms with E-state index in [0.717, 1.165) is 5.56 Å². The van der Waals surface area contributed by atoms with Crippen molar-refractivity contribution in [3.05, 3.63) is 28.8 Å². The van der Waals surface area contributed by atoms with E-state index in [1.54, 1.807) is 18.2 Å². The molecular formula is C10H13ClN2O2. The number of aliphatic carboxylic acids is 1. The van der Waals surface area contributed by atoms with E-state index < -0.39 is 5.97 Å². The van der Waals surface area contributed by atoms with Gasteiger partial charge in [0, 0.05) is 12.5 Å². The fourth-order valence-electron chi connectivity index (χ4n) is 1.24. The zero-order valence-electron chi connectivity index (χ0n) is 8.11. The molecule has 0 aliphatic carbocycles. The van der Waals surface area contributed by atoms with Gasteiger partial charge < -0.3 is 16.6 Å². The highest BCUT2D eigenvalue weighted by Gasteiger charge is 2.09. The first-order chi connectivity index (χ1) is 7.00. The van der Waals surface area contributed by atoms with Crippen LogP contribution in [0.3, 0.4) is 0 Å². The number of nitrogen functional groups attached to an aromatic ring is 1. The number of hydrogen-bond acceptors (Lipinski definition) is 3. The minimum Gasteiger partial charge on any atom is -0.481 e. The average Bonchev–Trinajstić information content (AvgIpc) is 2.18. The van der Waals surface area contributed by atoms with Crippen LogP contribution in [0.1, 0.15) is 24.4 Å². The van der Waals surface area contributed by atoms with E-state index in [2.05, 4.69) is 0 Å². The molecule has 0 aliphatic rings. The van der Waals surface area contributed by atoms with E-state index in [-0.39, 0.29) is 12.5 Å². The van der Waals surface area contributed by atoms with Gasteiger partial charge in [0.1, 0.15) is 0 Å². The second kappa shape index (κ2) is 5.00. The van der Waals surface area contributed by atoms with Crippen LogP contribution in [0.4, 0.5) is 5.69 Å². The summed E-state index contributed by atoms with van der Waals surface area (Å²) >= 11 is 5.75. The van der Waals surface area contributed by atoms with Crippen molar-refractivity contribution in [3.8, 4) is 0 Å². The van der Waals surface area contributed by atoms with Gasteiger partial charge in [0.2, 0.25) is 0 Å². The van der Waals surface area contributed by atoms with Crippen LogP contribution in [-0.4, -0.2) is 11.1 Å². The summed E-state index contributed by atoms with van der Waals surface area (Å²) in [7, 11) is 0. The lowest BCUT2D eigenvalue weighted by Crippen LogP contribution is -2.12. The Bertz CT molecular complexity index is 368. The largest absolute Gasteiger partial charge is 0.481 e. The van der Waals surface area contributed by atoms with E-state index in [0.29, 0.717) is 17.1 Å². The summed E-state index contributed by atoms with van der Waals surface area (Å²) in [6, 6.07) is 4.77. The van der Waals surface area contributed by atoms with Crippen LogP contribution in [0.15, 0.2) is 18.2 Å². The van der Waals surface area contributed by atoms with Crippen molar-refractivity contribution in [2.24, 2.45) is 5.73 Å². The molecule has 1 atom stereocenters. The van der Waals surface area contributed by atoms with Crippen LogP contribution in [0.25, 0.3) is 0 Å². The second-order valence-electron chi connectivity index (χ2n) is 3.32. The summed E-state index contributed by atoms with van der Waals surface area (Å²) < 4.78 is 0. The number of carboxylic acid groups (broad SMARTS) is 1. The minimum atomic E-state index is -0.854. The molecule has 1 aromatic rings. The molecule has 0 fully saturated rings. The Morgan fingerprint density at radius 3 is 2.73 bits per heavy atom. The number of nitrogens with two attached hydrogens (primary N) is 2. The normalized spacial score (nSPS) is 12.4. The highest BCUT2D eigenvalue weighted by atomic mass is 35.5. The van der Waals surface area contributed by atoms with E-state index >= 15 is 0 Å². The van der Waals surface area contributed by atoms with E-state index in [4.69, 9.17) is 28.2 Å². The third-order valence-corrected chi connectivity index (χ3v) is 2.46. The Morgan fingerprint density at radius 2 is 2.20 bits per heavy atom. The number of halogens is 1. The topological polar surface area (TPSA) is 89.3 Å². The smallest absolute Gasteiger partial charge is 0.303 e. The summed E-state index contributed by atoms with van der Waals surface area (Å²) in [5, 5.41) is 8.98. The average molecular weight is 229 g/mol. The maximum absolute atomic E-state index is 10.4. The van der Waals surface area contributed by atoms with Gasteiger partial charge in [-0.05, 0) is 24.1 Å². The van der Waals surface area contributed by atoms with E-state index in [1.807, 2.05) is 0 Å². The molecular weight excluding hydrogens is 216 g/mol. The molecule has 1 rings (SSSR count). The van der Waals surface area contributed by atoms with Gasteiger partial charge in [-0.2, -0.15) is 0 Å². The minimum absolute atomic E-state index is 0.0453. The monoisotopic (exact) mass is 228 g/mol. The van der Waals surface area contributed by atoms with Crippen molar-refractivity contribution in [2.75, 3.05) is 5.73 Å². The van der Waals surface area contributed by atoms with Crippen molar-refractivity contribution in [1.29, 1.82) is 0 Å². The van der Waals surface area contributed by atoms with Gasteiger partial charge in [-0.25, -0.2) is 0 Å². The molecule has 0 spiro atoms. The van der Waals surface area contributed by atoms with Crippen LogP contribution >= 0.6 is 11.6 Å². The molecule has 0 amide bonds. The zero-order chi connectivity index (χ0) is 11.4. The van der Waals surface area contributed by atoms with Crippen LogP contribution in [-0.2, 0) is 4.79 Å². The van der Waals surface area contributed by atoms with Crippen molar-refractivity contribution in [1.82, 2.24) is 0 Å². The van der Waals surface area contributed by atoms with Gasteiger partial charge in [0.15, 0.2) is 0 Å². The first kappa shape index (κ1) is 11.8. The van der Waals surface area contributed by atoms with Gasteiger partial charge in [-0.3, -0.25) is 4.79 Å². The molecule has 1 unspecified atom stereocenters. The number of hydrogen-bond donors (Lipinski definition) is 3. The summed E-state index contributed by atoms with van der Waals surface area (Å²) in [5.74, 6) is -0.854. The Hall–Kier alpha value is -1.26. The predicted molar refractivity (Wildman–Crippen MR) is 59.7 cm³/mol. The Kier molecular flexibility index (Phi) is 3.94. The van der Waals surface area contributed by atoms with Gasteiger partial charge in [-0.15, -0.1) is 0 Å². The molecule has 4 nitrogen and oxygen atoms in total. The highest BCUT2D eigenvalue weighted by molar-refractivity contribution is 6.33. The molecule has 5 N–H and O–H groups in total. The van der Waals surface area contributed by atoms with Crippen molar-refractivity contribution >= 4 is 23.3 Å². The summed E-state index contributed by atoms with van der Waals surface area (Å²) in [5.41, 5.74) is 12.7. The number of anilines is 1. The lowest BCUT2D eigenvalue weighted by molar-refractivity contribution is -0.137. The van der Waals surface area contributed by atoms with Gasteiger partial charge in [0.05, 0.1) is 10.7 Å². The quantitative estimate of drug-likeness (QED) is 0.686. The summed E-state index contributed by atoms with van der Waals surface area (Å²) in [6.45, 7) is 0. The Labute approximate surface area is 92.8 Å². The number of carbonyl (C=O) groups is 1. The molecule has 0 saturated carbocycles.